The molecule has 81 heavy (non-hydrogen) atoms. The molecule has 0 aliphatic carbocycles. The summed E-state index contributed by atoms with van der Waals surface area (Å²) in [5.74, 6) is 0. The van der Waals surface area contributed by atoms with Crippen molar-refractivity contribution in [3.8, 4) is 44.5 Å². The molecule has 0 aliphatic heterocycles. The van der Waals surface area contributed by atoms with Crippen LogP contribution in [0, 0.1) is 28.6 Å². The van der Waals surface area contributed by atoms with E-state index in [4.69, 9.17) is 0 Å². The number of aryl methyl sites for hydroxylation is 1. The molecule has 0 radical (unpaired) electrons. The van der Waals surface area contributed by atoms with Gasteiger partial charge in [-0.1, -0.05) is 292 Å². The molecule has 0 aliphatic rings. The fourth-order valence-electron chi connectivity index (χ4n) is 9.09. The minimum Gasteiger partial charge on any atom is -0.744 e. The van der Waals surface area contributed by atoms with E-state index >= 15 is 0 Å². The summed E-state index contributed by atoms with van der Waals surface area (Å²) >= 11 is 6.84. The van der Waals surface area contributed by atoms with Crippen molar-refractivity contribution >= 4 is 54.1 Å². The van der Waals surface area contributed by atoms with Crippen LogP contribution in [0.3, 0.4) is 0 Å². The van der Waals surface area contributed by atoms with Gasteiger partial charge in [0.25, 0.3) is 0 Å². The summed E-state index contributed by atoms with van der Waals surface area (Å²) in [5.41, 5.74) is 18.2. The van der Waals surface area contributed by atoms with Crippen LogP contribution in [0.4, 0.5) is 0 Å². The summed E-state index contributed by atoms with van der Waals surface area (Å²) in [6, 6.07) is 62.8. The summed E-state index contributed by atoms with van der Waals surface area (Å²) < 4.78 is 37.8. The van der Waals surface area contributed by atoms with E-state index in [9.17, 15) is 13.0 Å². The van der Waals surface area contributed by atoms with E-state index in [1.54, 1.807) is 6.07 Å². The Balaban J connectivity index is 0.000000289. The first-order valence-corrected chi connectivity index (χ1v) is 30.2. The van der Waals surface area contributed by atoms with Crippen LogP contribution in [0.25, 0.3) is 56.7 Å². The average molecular weight is 1250 g/mol. The van der Waals surface area contributed by atoms with Gasteiger partial charge >= 0.3 is 59.1 Å². The van der Waals surface area contributed by atoms with Crippen molar-refractivity contribution in [3.05, 3.63) is 243 Å². The number of hydrogen-bond acceptors (Lipinski definition) is 3. The van der Waals surface area contributed by atoms with Crippen molar-refractivity contribution in [2.24, 2.45) is 21.7 Å². The summed E-state index contributed by atoms with van der Waals surface area (Å²) in [4.78, 5) is -0.105. The molecule has 0 saturated carbocycles. The number of rotatable bonds is 11. The summed E-state index contributed by atoms with van der Waals surface area (Å²) in [7, 11) is -4.53. The predicted molar refractivity (Wildman–Crippen MR) is 348 cm³/mol. The zero-order valence-corrected chi connectivity index (χ0v) is 59.1. The van der Waals surface area contributed by atoms with E-state index in [0.29, 0.717) is 22.8 Å². The molecule has 8 heteroatoms. The topological polar surface area (TPSA) is 57.2 Å². The van der Waals surface area contributed by atoms with Crippen LogP contribution < -0.4 is 59.1 Å². The summed E-state index contributed by atoms with van der Waals surface area (Å²) in [5, 5.41) is 0. The van der Waals surface area contributed by atoms with Crippen LogP contribution >= 0.6 is 31.9 Å². The Hall–Kier alpha value is -3.89. The number of hydrogen-bond donors (Lipinski definition) is 0. The quantitative estimate of drug-likeness (QED) is 0.0958. The molecule has 0 heterocycles. The van der Waals surface area contributed by atoms with E-state index in [1.165, 1.54) is 61.7 Å². The van der Waals surface area contributed by atoms with Crippen molar-refractivity contribution in [3.63, 3.8) is 0 Å². The fraction of sp³-hybridized carbons (Fsp3) is 0.288. The summed E-state index contributed by atoms with van der Waals surface area (Å²) in [6.45, 7) is 36.0. The van der Waals surface area contributed by atoms with Gasteiger partial charge in [-0.25, -0.2) is 8.42 Å². The van der Waals surface area contributed by atoms with Gasteiger partial charge < -0.3 is 4.55 Å². The Morgan fingerprint density at radius 1 is 0.383 bits per heavy atom. The Kier molecular flexibility index (Phi) is 28.1. The molecule has 414 valence electrons. The van der Waals surface area contributed by atoms with Crippen LogP contribution in [0.1, 0.15) is 122 Å². The number of halogens is 2. The standard InChI is InChI=1S/C23H32O3S.C22H30.C16H14.C12H8Br2.2Na/c1-16-12-17(8-10-19(16)14-22(2,3)4)18-9-11-20(15-23(5,6)7)21(13-18)27(24,25)26;1-21(2,3)15-17-7-11-19(12-8-17)20-13-9-18(10-14-20)16-22(4,5)6;1-3-13-5-9-15(10-6-13)16-11-7-14(4-2)8-12-16;13-11-5-1-9(2-6-11)10-3-7-12(14)8-4-10;;/h8-13H,14-15H2,1-7H3,(H,24,25,26);7-14H,15-16H2,1-6H3;3-12H,1-2H2;1-8H;;/q;;;;2*+1/p-1. The summed E-state index contributed by atoms with van der Waals surface area (Å²) in [6.07, 6.45) is 7.46. The van der Waals surface area contributed by atoms with Gasteiger partial charge in [-0.15, -0.1) is 0 Å². The molecule has 0 bridgehead atoms. The minimum absolute atomic E-state index is 0. The molecular weight excluding hydrogens is 1160 g/mol. The third-order valence-electron chi connectivity index (χ3n) is 12.8. The van der Waals surface area contributed by atoms with Crippen molar-refractivity contribution in [2.45, 2.75) is 121 Å². The molecule has 0 fully saturated rings. The maximum absolute atomic E-state index is 11.8. The third-order valence-corrected chi connectivity index (χ3v) is 14.8. The molecule has 8 aromatic rings. The maximum Gasteiger partial charge on any atom is 1.00 e. The zero-order chi connectivity index (χ0) is 58.3. The van der Waals surface area contributed by atoms with Crippen molar-refractivity contribution in [1.82, 2.24) is 0 Å². The van der Waals surface area contributed by atoms with Crippen LogP contribution in [-0.2, 0) is 35.8 Å². The van der Waals surface area contributed by atoms with Gasteiger partial charge in [0.15, 0.2) is 0 Å². The largest absolute Gasteiger partial charge is 1.00 e. The van der Waals surface area contributed by atoms with Gasteiger partial charge in [0.2, 0.25) is 0 Å². The van der Waals surface area contributed by atoms with Crippen molar-refractivity contribution in [1.29, 1.82) is 0 Å². The Bertz CT molecular complexity index is 3190. The molecular formula is C73H83Br2Na2O3S+. The van der Waals surface area contributed by atoms with Gasteiger partial charge in [0.05, 0.1) is 4.90 Å². The first-order chi connectivity index (χ1) is 36.9. The van der Waals surface area contributed by atoms with Crippen LogP contribution in [0.15, 0.2) is 209 Å². The first kappa shape index (κ1) is 71.4. The van der Waals surface area contributed by atoms with Gasteiger partial charge in [-0.3, -0.25) is 0 Å². The average Bonchev–Trinajstić information content (AvgIpc) is 3.37. The molecule has 0 spiro atoms. The second-order valence-corrected chi connectivity index (χ2v) is 28.6. The molecule has 0 aromatic heterocycles. The minimum atomic E-state index is -4.53. The monoisotopic (exact) mass is 1240 g/mol. The molecule has 0 unspecified atom stereocenters. The molecule has 8 rings (SSSR count). The second kappa shape index (κ2) is 31.8. The normalized spacial score (nSPS) is 11.4. The third kappa shape index (κ3) is 25.5. The van der Waals surface area contributed by atoms with Crippen LogP contribution in [0.2, 0.25) is 0 Å². The van der Waals surface area contributed by atoms with Gasteiger partial charge in [0.1, 0.15) is 10.1 Å². The molecule has 8 aromatic carbocycles. The Morgan fingerprint density at radius 2 is 0.642 bits per heavy atom. The molecule has 0 saturated heterocycles. The maximum atomic E-state index is 11.8. The second-order valence-electron chi connectivity index (χ2n) is 25.4. The molecule has 0 amide bonds. The smallest absolute Gasteiger partial charge is 0.744 e. The molecule has 0 atom stereocenters. The zero-order valence-electron chi connectivity index (χ0n) is 51.1. The first-order valence-electron chi connectivity index (χ1n) is 27.2. The van der Waals surface area contributed by atoms with Crippen LogP contribution in [0.5, 0.6) is 0 Å². The van der Waals surface area contributed by atoms with E-state index in [-0.39, 0.29) is 74.8 Å². The van der Waals surface area contributed by atoms with Gasteiger partial charge in [-0.2, -0.15) is 0 Å². The van der Waals surface area contributed by atoms with Crippen LogP contribution in [-0.4, -0.2) is 13.0 Å². The van der Waals surface area contributed by atoms with E-state index in [0.717, 1.165) is 50.5 Å². The predicted octanol–water partition coefficient (Wildman–Crippen LogP) is 15.8. The molecule has 3 nitrogen and oxygen atoms in total. The molecule has 0 N–H and O–H groups in total. The van der Waals surface area contributed by atoms with E-state index in [2.05, 4.69) is 272 Å². The Morgan fingerprint density at radius 3 is 0.926 bits per heavy atom. The Labute approximate surface area is 550 Å². The van der Waals surface area contributed by atoms with E-state index < -0.39 is 10.1 Å². The van der Waals surface area contributed by atoms with Crippen molar-refractivity contribution in [2.75, 3.05) is 0 Å². The number of benzene rings is 8. The van der Waals surface area contributed by atoms with E-state index in [1.807, 2.05) is 45.1 Å². The van der Waals surface area contributed by atoms with Gasteiger partial charge in [0, 0.05) is 8.95 Å². The van der Waals surface area contributed by atoms with Gasteiger partial charge in [-0.05, 0) is 168 Å². The van der Waals surface area contributed by atoms with Crippen molar-refractivity contribution < 1.29 is 72.1 Å². The fourth-order valence-corrected chi connectivity index (χ4v) is 10.4. The SMILES string of the molecule is Brc1ccc(-c2ccc(Br)cc2)cc1.C=Cc1ccc(-c2ccc(C=C)cc2)cc1.CC(C)(C)Cc1ccc(-c2ccc(CC(C)(C)C)cc2)cc1.Cc1cc(-c2ccc(CC(C)(C)C)c(S(=O)(=O)[O-])c2)ccc1CC(C)(C)C.[Na+].[Na+].